The molecule has 0 aromatic heterocycles. The number of esters is 1. The van der Waals surface area contributed by atoms with Crippen molar-refractivity contribution in [1.29, 1.82) is 0 Å². The Kier molecular flexibility index (Phi) is 17.2. The molecular weight excluding hydrogens is 403 g/mol. The molecule has 0 aliphatic heterocycles. The molecular formula is C19H37O9P. The maximum atomic E-state index is 11.5. The summed E-state index contributed by atoms with van der Waals surface area (Å²) in [4.78, 5) is 38.9. The van der Waals surface area contributed by atoms with Gasteiger partial charge in [-0.3, -0.25) is 14.1 Å². The molecule has 9 nitrogen and oxygen atoms in total. The number of phosphoric acid groups is 1. The van der Waals surface area contributed by atoms with Gasteiger partial charge in [-0.05, 0) is 12.8 Å². The maximum absolute atomic E-state index is 11.5. The number of rotatable bonds is 20. The van der Waals surface area contributed by atoms with Crippen molar-refractivity contribution in [2.45, 2.75) is 96.0 Å². The number of unbranched alkanes of at least 4 members (excludes halogenated alkanes) is 11. The first kappa shape index (κ1) is 28.0. The SMILES string of the molecule is O=C(O)CCCCCCCCCCCCCCC(=O)OC[C@@H](O)COP(=O)(O)O. The fraction of sp³-hybridized carbons (Fsp3) is 0.895. The zero-order valence-electron chi connectivity index (χ0n) is 17.2. The van der Waals surface area contributed by atoms with Crippen LogP contribution in [0.3, 0.4) is 0 Å². The predicted molar refractivity (Wildman–Crippen MR) is 107 cm³/mol. The van der Waals surface area contributed by atoms with Crippen LogP contribution in [0.15, 0.2) is 0 Å². The smallest absolute Gasteiger partial charge is 0.469 e. The van der Waals surface area contributed by atoms with E-state index < -0.39 is 32.5 Å². The molecule has 0 unspecified atom stereocenters. The van der Waals surface area contributed by atoms with Gasteiger partial charge in [0.05, 0.1) is 6.61 Å². The van der Waals surface area contributed by atoms with Gasteiger partial charge in [-0.2, -0.15) is 0 Å². The van der Waals surface area contributed by atoms with Crippen LogP contribution in [0.4, 0.5) is 0 Å². The summed E-state index contributed by atoms with van der Waals surface area (Å²) < 4.78 is 19.4. The second-order valence-electron chi connectivity index (χ2n) is 7.26. The molecule has 0 radical (unpaired) electrons. The molecule has 0 aliphatic carbocycles. The topological polar surface area (TPSA) is 151 Å². The van der Waals surface area contributed by atoms with Crippen molar-refractivity contribution in [2.75, 3.05) is 13.2 Å². The number of aliphatic hydroxyl groups excluding tert-OH is 1. The molecule has 0 bridgehead atoms. The van der Waals surface area contributed by atoms with E-state index >= 15 is 0 Å². The minimum Gasteiger partial charge on any atom is -0.481 e. The van der Waals surface area contributed by atoms with Gasteiger partial charge in [0.2, 0.25) is 0 Å². The van der Waals surface area contributed by atoms with E-state index in [1.165, 1.54) is 32.1 Å². The molecule has 0 rings (SSSR count). The van der Waals surface area contributed by atoms with Crippen LogP contribution in [0.5, 0.6) is 0 Å². The lowest BCUT2D eigenvalue weighted by molar-refractivity contribution is -0.147. The molecule has 1 atom stereocenters. The Labute approximate surface area is 173 Å². The second kappa shape index (κ2) is 17.8. The van der Waals surface area contributed by atoms with Crippen molar-refractivity contribution in [1.82, 2.24) is 0 Å². The van der Waals surface area contributed by atoms with Crippen LogP contribution in [-0.2, 0) is 23.4 Å². The summed E-state index contributed by atoms with van der Waals surface area (Å²) in [5.41, 5.74) is 0. The highest BCUT2D eigenvalue weighted by Crippen LogP contribution is 2.35. The number of aliphatic hydroxyl groups is 1. The summed E-state index contributed by atoms with van der Waals surface area (Å²) >= 11 is 0. The molecule has 4 N–H and O–H groups in total. The lowest BCUT2D eigenvalue weighted by Crippen LogP contribution is -2.23. The zero-order chi connectivity index (χ0) is 22.0. The summed E-state index contributed by atoms with van der Waals surface area (Å²) in [5, 5.41) is 17.9. The van der Waals surface area contributed by atoms with Gasteiger partial charge in [0.15, 0.2) is 0 Å². The maximum Gasteiger partial charge on any atom is 0.469 e. The van der Waals surface area contributed by atoms with E-state index in [0.29, 0.717) is 6.42 Å². The molecule has 172 valence electrons. The number of hydrogen-bond acceptors (Lipinski definition) is 6. The minimum absolute atomic E-state index is 0.258. The monoisotopic (exact) mass is 440 g/mol. The molecule has 0 aromatic carbocycles. The van der Waals surface area contributed by atoms with Crippen molar-refractivity contribution >= 4 is 19.8 Å². The van der Waals surface area contributed by atoms with E-state index in [-0.39, 0.29) is 19.4 Å². The number of carbonyl (C=O) groups excluding carboxylic acids is 1. The fourth-order valence-corrected chi connectivity index (χ4v) is 3.17. The van der Waals surface area contributed by atoms with Gasteiger partial charge in [-0.25, -0.2) is 4.57 Å². The predicted octanol–water partition coefficient (Wildman–Crippen LogP) is 3.55. The van der Waals surface area contributed by atoms with Crippen LogP contribution in [0, 0.1) is 0 Å². The molecule has 0 heterocycles. The molecule has 0 saturated carbocycles. The highest BCUT2D eigenvalue weighted by Gasteiger charge is 2.17. The van der Waals surface area contributed by atoms with E-state index in [9.17, 15) is 19.3 Å². The van der Waals surface area contributed by atoms with Crippen molar-refractivity contribution in [3.63, 3.8) is 0 Å². The third-order valence-electron chi connectivity index (χ3n) is 4.39. The second-order valence-corrected chi connectivity index (χ2v) is 8.50. The highest BCUT2D eigenvalue weighted by molar-refractivity contribution is 7.46. The van der Waals surface area contributed by atoms with Crippen molar-refractivity contribution in [3.05, 3.63) is 0 Å². The fourth-order valence-electron chi connectivity index (χ4n) is 2.81. The third kappa shape index (κ3) is 23.2. The molecule has 0 aliphatic rings. The first-order valence-corrected chi connectivity index (χ1v) is 12.0. The summed E-state index contributed by atoms with van der Waals surface area (Å²) in [6.07, 6.45) is 11.9. The lowest BCUT2D eigenvalue weighted by Gasteiger charge is -2.12. The molecule has 0 aromatic rings. The Morgan fingerprint density at radius 3 is 1.55 bits per heavy atom. The summed E-state index contributed by atoms with van der Waals surface area (Å²) in [6.45, 7) is -0.944. The Hall–Kier alpha value is -0.990. The van der Waals surface area contributed by atoms with Gasteiger partial charge in [0.1, 0.15) is 12.7 Å². The Morgan fingerprint density at radius 1 is 0.724 bits per heavy atom. The van der Waals surface area contributed by atoms with Crippen molar-refractivity contribution in [3.8, 4) is 0 Å². The largest absolute Gasteiger partial charge is 0.481 e. The van der Waals surface area contributed by atoms with Crippen LogP contribution < -0.4 is 0 Å². The van der Waals surface area contributed by atoms with E-state index in [4.69, 9.17) is 19.6 Å². The summed E-state index contributed by atoms with van der Waals surface area (Å²) in [7, 11) is -4.63. The zero-order valence-corrected chi connectivity index (χ0v) is 18.1. The van der Waals surface area contributed by atoms with Gasteiger partial charge < -0.3 is 24.7 Å². The van der Waals surface area contributed by atoms with E-state index in [2.05, 4.69) is 4.52 Å². The van der Waals surface area contributed by atoms with Gasteiger partial charge >= 0.3 is 19.8 Å². The van der Waals surface area contributed by atoms with E-state index in [1.54, 1.807) is 0 Å². The molecule has 29 heavy (non-hydrogen) atoms. The van der Waals surface area contributed by atoms with Crippen LogP contribution in [0.2, 0.25) is 0 Å². The van der Waals surface area contributed by atoms with Crippen LogP contribution >= 0.6 is 7.82 Å². The Bertz CT molecular complexity index is 478. The molecule has 0 saturated heterocycles. The standard InChI is InChI=1S/C19H37O9P/c20-17(16-28-29(24,25)26)15-27-19(23)14-12-10-8-6-4-2-1-3-5-7-9-11-13-18(21)22/h17,20H,1-16H2,(H,21,22)(H2,24,25,26)/t17-/m1/s1. The molecule has 0 spiro atoms. The number of hydrogen-bond donors (Lipinski definition) is 4. The molecule has 0 fully saturated rings. The number of carbonyl (C=O) groups is 2. The highest BCUT2D eigenvalue weighted by atomic mass is 31.2. The Balaban J connectivity index is 3.32. The first-order valence-electron chi connectivity index (χ1n) is 10.5. The molecule has 10 heteroatoms. The summed E-state index contributed by atoms with van der Waals surface area (Å²) in [6, 6.07) is 0. The minimum atomic E-state index is -4.63. The van der Waals surface area contributed by atoms with Crippen molar-refractivity contribution < 1.29 is 43.4 Å². The van der Waals surface area contributed by atoms with Gasteiger partial charge in [0, 0.05) is 12.8 Å². The number of carboxylic acid groups (broad SMARTS) is 1. The third-order valence-corrected chi connectivity index (χ3v) is 4.88. The van der Waals surface area contributed by atoms with Crippen LogP contribution in [0.1, 0.15) is 89.9 Å². The average molecular weight is 440 g/mol. The number of ether oxygens (including phenoxy) is 1. The van der Waals surface area contributed by atoms with Gasteiger partial charge in [-0.1, -0.05) is 64.2 Å². The van der Waals surface area contributed by atoms with Gasteiger partial charge in [-0.15, -0.1) is 0 Å². The first-order chi connectivity index (χ1) is 13.7. The molecule has 0 amide bonds. The van der Waals surface area contributed by atoms with Crippen LogP contribution in [0.25, 0.3) is 0 Å². The number of carboxylic acids is 1. The van der Waals surface area contributed by atoms with Crippen LogP contribution in [-0.4, -0.2) is 51.3 Å². The number of aliphatic carboxylic acids is 1. The quantitative estimate of drug-likeness (QED) is 0.127. The lowest BCUT2D eigenvalue weighted by atomic mass is 10.0. The normalized spacial score (nSPS) is 12.7. The van der Waals surface area contributed by atoms with Gasteiger partial charge in [0.25, 0.3) is 0 Å². The Morgan fingerprint density at radius 2 is 1.14 bits per heavy atom. The number of phosphoric ester groups is 1. The average Bonchev–Trinajstić information content (AvgIpc) is 2.64. The van der Waals surface area contributed by atoms with Crippen molar-refractivity contribution in [2.24, 2.45) is 0 Å². The van der Waals surface area contributed by atoms with E-state index in [1.807, 2.05) is 0 Å². The van der Waals surface area contributed by atoms with E-state index in [0.717, 1.165) is 38.5 Å². The summed E-state index contributed by atoms with van der Waals surface area (Å²) in [5.74, 6) is -1.16.